The normalized spacial score (nSPS) is 13.5. The summed E-state index contributed by atoms with van der Waals surface area (Å²) in [6.45, 7) is 34.7. The Balaban J connectivity index is 0.964. The Morgan fingerprint density at radius 1 is 0.569 bits per heavy atom. The van der Waals surface area contributed by atoms with E-state index in [1.54, 1.807) is 0 Å². The highest BCUT2D eigenvalue weighted by atomic mass is 16.5. The molecule has 3 heterocycles. The monoisotopic (exact) mass is 957 g/mol. The first-order valence-corrected chi connectivity index (χ1v) is 26.7. The van der Waals surface area contributed by atoms with E-state index in [-0.39, 0.29) is 21.7 Å². The lowest BCUT2D eigenvalue weighted by molar-refractivity contribution is 0.306. The number of ether oxygens (including phenoxy) is 1. The van der Waals surface area contributed by atoms with Crippen LogP contribution < -0.4 is 14.5 Å². The molecule has 9 rings (SSSR count). The zero-order valence-electron chi connectivity index (χ0n) is 46.0. The molecule has 72 heavy (non-hydrogen) atoms. The van der Waals surface area contributed by atoms with E-state index in [4.69, 9.17) is 9.72 Å². The summed E-state index contributed by atoms with van der Waals surface area (Å²) in [6, 6.07) is 50.1. The summed E-state index contributed by atoms with van der Waals surface area (Å²) in [5.41, 5.74) is 18.4. The Morgan fingerprint density at radius 3 is 1.92 bits per heavy atom. The number of hydrogen-bond acceptors (Lipinski definition) is 4. The van der Waals surface area contributed by atoms with Gasteiger partial charge in [-0.05, 0) is 158 Å². The summed E-state index contributed by atoms with van der Waals surface area (Å²) in [4.78, 5) is 10.0. The number of nitrogens with zero attached hydrogens (tertiary/aromatic N) is 4. The van der Waals surface area contributed by atoms with E-state index in [9.17, 15) is 0 Å². The minimum absolute atomic E-state index is 0.00334. The number of anilines is 3. The topological polar surface area (TPSA) is 33.5 Å². The molecule has 1 aliphatic rings. The molecule has 0 bridgehead atoms. The summed E-state index contributed by atoms with van der Waals surface area (Å²) >= 11 is 0. The SMILES string of the molecule is CC(C)Cc1cccc(-c2cc(C(C)(C)C)cc(C(C)(C)C)c2)c1CCCCN1CN(c2cc(COc3ccc4c5ccccc5n(-c5cc(C(C)(C)C)ccn5)c4c3)cc(C(C)(C)C)c2)c2ccccc21. The van der Waals surface area contributed by atoms with Gasteiger partial charge in [0, 0.05) is 35.3 Å². The van der Waals surface area contributed by atoms with Crippen LogP contribution in [0, 0.1) is 5.92 Å². The molecule has 374 valence electrons. The summed E-state index contributed by atoms with van der Waals surface area (Å²) in [5, 5.41) is 2.39. The van der Waals surface area contributed by atoms with Crippen molar-refractivity contribution >= 4 is 38.9 Å². The molecule has 5 nitrogen and oxygen atoms in total. The number of rotatable bonds is 13. The third kappa shape index (κ3) is 10.7. The predicted molar refractivity (Wildman–Crippen MR) is 308 cm³/mol. The fourth-order valence-corrected chi connectivity index (χ4v) is 10.6. The van der Waals surface area contributed by atoms with E-state index in [1.807, 2.05) is 6.20 Å². The first-order chi connectivity index (χ1) is 34.0. The van der Waals surface area contributed by atoms with Gasteiger partial charge in [-0.2, -0.15) is 0 Å². The van der Waals surface area contributed by atoms with Crippen LogP contribution in [0.1, 0.15) is 149 Å². The average molecular weight is 957 g/mol. The van der Waals surface area contributed by atoms with Crippen LogP contribution >= 0.6 is 0 Å². The quantitative estimate of drug-likeness (QED) is 0.108. The molecule has 8 aromatic rings. The highest BCUT2D eigenvalue weighted by Crippen LogP contribution is 2.43. The van der Waals surface area contributed by atoms with Gasteiger partial charge in [-0.3, -0.25) is 4.57 Å². The van der Waals surface area contributed by atoms with Crippen LogP contribution in [0.5, 0.6) is 5.75 Å². The van der Waals surface area contributed by atoms with Gasteiger partial charge in [0.2, 0.25) is 0 Å². The van der Waals surface area contributed by atoms with Gasteiger partial charge in [0.25, 0.3) is 0 Å². The van der Waals surface area contributed by atoms with Crippen molar-refractivity contribution in [1.82, 2.24) is 9.55 Å². The van der Waals surface area contributed by atoms with E-state index in [1.165, 1.54) is 72.3 Å². The van der Waals surface area contributed by atoms with Crippen molar-refractivity contribution in [3.8, 4) is 22.7 Å². The molecule has 0 aliphatic carbocycles. The van der Waals surface area contributed by atoms with Gasteiger partial charge in [0.05, 0.1) is 29.1 Å². The van der Waals surface area contributed by atoms with Crippen molar-refractivity contribution in [2.45, 2.75) is 151 Å². The number of para-hydroxylation sites is 3. The third-order valence-corrected chi connectivity index (χ3v) is 14.9. The van der Waals surface area contributed by atoms with E-state index in [2.05, 4.69) is 245 Å². The van der Waals surface area contributed by atoms with Gasteiger partial charge in [-0.25, -0.2) is 4.98 Å². The van der Waals surface area contributed by atoms with Gasteiger partial charge in [-0.1, -0.05) is 170 Å². The van der Waals surface area contributed by atoms with E-state index in [0.29, 0.717) is 12.5 Å². The molecule has 0 N–H and O–H groups in total. The summed E-state index contributed by atoms with van der Waals surface area (Å²) in [7, 11) is 0. The van der Waals surface area contributed by atoms with E-state index in [0.717, 1.165) is 67.1 Å². The van der Waals surface area contributed by atoms with Crippen molar-refractivity contribution in [1.29, 1.82) is 0 Å². The van der Waals surface area contributed by atoms with Crippen LogP contribution in [0.25, 0.3) is 38.8 Å². The average Bonchev–Trinajstić information content (AvgIpc) is 3.86. The molecule has 6 aromatic carbocycles. The van der Waals surface area contributed by atoms with Crippen molar-refractivity contribution < 1.29 is 4.74 Å². The molecule has 0 amide bonds. The molecular weight excluding hydrogens is 877 g/mol. The van der Waals surface area contributed by atoms with Gasteiger partial charge in [-0.15, -0.1) is 0 Å². The number of pyridine rings is 1. The Kier molecular flexibility index (Phi) is 13.8. The molecule has 0 unspecified atom stereocenters. The molecular formula is C67H80N4O. The van der Waals surface area contributed by atoms with Crippen molar-refractivity contribution in [3.05, 3.63) is 179 Å². The highest BCUT2D eigenvalue weighted by Gasteiger charge is 2.29. The van der Waals surface area contributed by atoms with Crippen molar-refractivity contribution in [2.75, 3.05) is 23.0 Å². The maximum absolute atomic E-state index is 6.79. The Labute approximate surface area is 432 Å². The first kappa shape index (κ1) is 50.6. The molecule has 0 fully saturated rings. The van der Waals surface area contributed by atoms with Crippen LogP contribution in [0.3, 0.4) is 0 Å². The van der Waals surface area contributed by atoms with E-state index >= 15 is 0 Å². The van der Waals surface area contributed by atoms with Crippen LogP contribution in [0.4, 0.5) is 17.1 Å². The van der Waals surface area contributed by atoms with Crippen LogP contribution in [-0.2, 0) is 41.1 Å². The standard InChI is InChI=1S/C67H80N4O/c1-45(2)34-47-22-21-25-56(48-37-51(66(9,10)11)39-52(38-48)67(12,13)14)55(47)23-19-20-33-69-44-70(61-28-18-17-27-60(61)69)53-36-46(35-50(40-53)65(6,7)8)43-72-54-29-30-58-57-24-15-16-26-59(57)71(62(58)42-54)63-41-49(31-32-68-63)64(3,4)5/h15-18,21-22,24-32,35-42,45H,19-20,23,33-34,43-44H2,1-14H3. The summed E-state index contributed by atoms with van der Waals surface area (Å²) < 4.78 is 9.08. The summed E-state index contributed by atoms with van der Waals surface area (Å²) in [6.07, 6.45) is 6.33. The lowest BCUT2D eigenvalue weighted by Gasteiger charge is -2.27. The van der Waals surface area contributed by atoms with E-state index < -0.39 is 0 Å². The van der Waals surface area contributed by atoms with Crippen molar-refractivity contribution in [2.24, 2.45) is 5.92 Å². The minimum atomic E-state index is -0.0504. The molecule has 1 aliphatic heterocycles. The number of benzene rings is 6. The number of hydrogen-bond donors (Lipinski definition) is 0. The van der Waals surface area contributed by atoms with Gasteiger partial charge < -0.3 is 14.5 Å². The Hall–Kier alpha value is -6.33. The van der Waals surface area contributed by atoms with Gasteiger partial charge >= 0.3 is 0 Å². The van der Waals surface area contributed by atoms with Crippen LogP contribution in [0.2, 0.25) is 0 Å². The first-order valence-electron chi connectivity index (χ1n) is 26.7. The lowest BCUT2D eigenvalue weighted by Crippen LogP contribution is -2.29. The second-order valence-electron chi connectivity index (χ2n) is 25.2. The maximum atomic E-state index is 6.79. The number of unbranched alkanes of at least 4 members (excludes halogenated alkanes) is 1. The molecule has 0 saturated heterocycles. The maximum Gasteiger partial charge on any atom is 0.137 e. The molecule has 0 spiro atoms. The molecule has 5 heteroatoms. The number of aromatic nitrogens is 2. The molecule has 0 saturated carbocycles. The second kappa shape index (κ2) is 19.6. The number of fused-ring (bicyclic) bond motifs is 4. The molecule has 0 radical (unpaired) electrons. The van der Waals surface area contributed by atoms with Crippen LogP contribution in [0.15, 0.2) is 140 Å². The molecule has 0 atom stereocenters. The molecule has 2 aromatic heterocycles. The minimum Gasteiger partial charge on any atom is -0.489 e. The van der Waals surface area contributed by atoms with Crippen LogP contribution in [-0.4, -0.2) is 22.8 Å². The predicted octanol–water partition coefficient (Wildman–Crippen LogP) is 17.8. The fraction of sp³-hybridized carbons (Fsp3) is 0.388. The van der Waals surface area contributed by atoms with Crippen molar-refractivity contribution in [3.63, 3.8) is 0 Å². The zero-order valence-corrected chi connectivity index (χ0v) is 46.0. The Bertz CT molecular complexity index is 3200. The van der Waals surface area contributed by atoms with Gasteiger partial charge in [0.15, 0.2) is 0 Å². The third-order valence-electron chi connectivity index (χ3n) is 14.9. The highest BCUT2D eigenvalue weighted by molar-refractivity contribution is 6.09. The largest absolute Gasteiger partial charge is 0.489 e. The lowest BCUT2D eigenvalue weighted by atomic mass is 9.78. The van der Waals surface area contributed by atoms with Gasteiger partial charge in [0.1, 0.15) is 18.2 Å². The second-order valence-corrected chi connectivity index (χ2v) is 25.2. The smallest absolute Gasteiger partial charge is 0.137 e. The Morgan fingerprint density at radius 2 is 1.22 bits per heavy atom. The fourth-order valence-electron chi connectivity index (χ4n) is 10.6. The zero-order chi connectivity index (χ0) is 51.3. The summed E-state index contributed by atoms with van der Waals surface area (Å²) in [5.74, 6) is 2.34.